The third kappa shape index (κ3) is 54.0. The summed E-state index contributed by atoms with van der Waals surface area (Å²) in [5, 5.41) is 0. The van der Waals surface area contributed by atoms with Gasteiger partial charge in [0, 0.05) is 12.8 Å². The van der Waals surface area contributed by atoms with Gasteiger partial charge in [0.2, 0.25) is 0 Å². The highest BCUT2D eigenvalue weighted by atomic mass is 31.2. The molecule has 0 bridgehead atoms. The van der Waals surface area contributed by atoms with E-state index in [1.54, 1.807) is 0 Å². The Labute approximate surface area is 429 Å². The lowest BCUT2D eigenvalue weighted by atomic mass is 10.0. The van der Waals surface area contributed by atoms with E-state index in [1.807, 2.05) is 21.1 Å². The van der Waals surface area contributed by atoms with Crippen LogP contribution in [0.1, 0.15) is 206 Å². The second-order valence-electron chi connectivity index (χ2n) is 19.2. The minimum atomic E-state index is -4.39. The molecule has 0 saturated carbocycles. The summed E-state index contributed by atoms with van der Waals surface area (Å²) in [5.41, 5.74) is 0. The summed E-state index contributed by atoms with van der Waals surface area (Å²) in [4.78, 5) is 35.6. The van der Waals surface area contributed by atoms with E-state index in [2.05, 4.69) is 123 Å². The van der Waals surface area contributed by atoms with Gasteiger partial charge < -0.3 is 18.9 Å². The third-order valence-electron chi connectivity index (χ3n) is 11.3. The normalized spacial score (nSPS) is 14.2. The zero-order valence-corrected chi connectivity index (χ0v) is 46.1. The molecule has 0 amide bonds. The Hall–Kier alpha value is -3.33. The van der Waals surface area contributed by atoms with Crippen molar-refractivity contribution in [2.75, 3.05) is 47.5 Å². The van der Waals surface area contributed by atoms with Crippen LogP contribution in [-0.4, -0.2) is 74.9 Å². The second kappa shape index (κ2) is 50.6. The average molecular weight is 997 g/mol. The molecule has 0 heterocycles. The van der Waals surface area contributed by atoms with Crippen molar-refractivity contribution in [3.63, 3.8) is 0 Å². The molecule has 0 saturated heterocycles. The fraction of sp³-hybridized carbons (Fsp3) is 0.667. The molecular weight excluding hydrogens is 894 g/mol. The van der Waals surface area contributed by atoms with E-state index in [1.165, 1.54) is 57.8 Å². The Morgan fingerprint density at radius 1 is 0.443 bits per heavy atom. The van der Waals surface area contributed by atoms with Gasteiger partial charge in [-0.2, -0.15) is 0 Å². The van der Waals surface area contributed by atoms with E-state index >= 15 is 0 Å². The van der Waals surface area contributed by atoms with E-state index in [0.717, 1.165) is 116 Å². The van der Waals surface area contributed by atoms with Gasteiger partial charge in [-0.05, 0) is 96.3 Å². The summed E-state index contributed by atoms with van der Waals surface area (Å²) in [6, 6.07) is 0. The molecule has 0 radical (unpaired) electrons. The first-order valence-corrected chi connectivity index (χ1v) is 29.1. The first kappa shape index (κ1) is 66.7. The van der Waals surface area contributed by atoms with Gasteiger partial charge in [0.1, 0.15) is 19.8 Å². The maximum absolute atomic E-state index is 12.8. The number of allylic oxidation sites excluding steroid dienone is 18. The van der Waals surface area contributed by atoms with Crippen molar-refractivity contribution >= 4 is 19.8 Å². The quantitative estimate of drug-likeness (QED) is 0.0211. The molecule has 0 rings (SSSR count). The van der Waals surface area contributed by atoms with Crippen molar-refractivity contribution < 1.29 is 42.1 Å². The van der Waals surface area contributed by atoms with Crippen LogP contribution >= 0.6 is 7.82 Å². The predicted molar refractivity (Wildman–Crippen MR) is 298 cm³/mol. The summed E-state index contributed by atoms with van der Waals surface area (Å²) in [5.74, 6) is -0.820. The average Bonchev–Trinajstić information content (AvgIpc) is 3.32. The smallest absolute Gasteiger partial charge is 0.462 e. The van der Waals surface area contributed by atoms with Crippen molar-refractivity contribution in [3.05, 3.63) is 109 Å². The number of hydrogen-bond acceptors (Lipinski definition) is 7. The number of ether oxygens (including phenoxy) is 2. The standard InChI is InChI=1S/C60H102NO8P/c1-6-8-10-12-14-16-18-20-22-24-25-26-27-28-29-30-31-32-33-34-35-37-39-41-43-45-47-49-51-53-60(63)69-58(57-68-70(64,65)67-55-54-61(3,4)5)56-66-59(62)52-50-48-46-44-42-40-38-36-23-21-19-17-15-13-11-9-7-2/h8-11,14-17,20-23,25-26,28-29,31-32,58H,6-7,12-13,18-19,24,27,30,33-57H2,1-5H3/p+1/b10-8-,11-9-,16-14-,17-15-,22-20-,23-21-,26-25-,29-28-,32-31-. The molecule has 0 fully saturated rings. The number of esters is 2. The van der Waals surface area contributed by atoms with Crippen LogP contribution in [0.15, 0.2) is 109 Å². The van der Waals surface area contributed by atoms with Gasteiger partial charge in [-0.25, -0.2) is 4.57 Å². The zero-order valence-electron chi connectivity index (χ0n) is 45.2. The first-order chi connectivity index (χ1) is 34.0. The highest BCUT2D eigenvalue weighted by Crippen LogP contribution is 2.43. The van der Waals surface area contributed by atoms with Gasteiger partial charge in [0.25, 0.3) is 0 Å². The van der Waals surface area contributed by atoms with Crippen molar-refractivity contribution in [3.8, 4) is 0 Å². The second-order valence-corrected chi connectivity index (χ2v) is 20.7. The topological polar surface area (TPSA) is 108 Å². The van der Waals surface area contributed by atoms with Gasteiger partial charge in [-0.1, -0.05) is 207 Å². The number of quaternary nitrogens is 1. The molecule has 1 N–H and O–H groups in total. The molecular formula is C60H103NO8P+. The van der Waals surface area contributed by atoms with Gasteiger partial charge in [-0.15, -0.1) is 0 Å². The number of phosphoric acid groups is 1. The molecule has 400 valence electrons. The number of likely N-dealkylation sites (N-methyl/N-ethyl adjacent to an activating group) is 1. The van der Waals surface area contributed by atoms with Crippen molar-refractivity contribution in [1.29, 1.82) is 0 Å². The molecule has 0 spiro atoms. The monoisotopic (exact) mass is 997 g/mol. The number of unbranched alkanes of at least 4 members (excludes halogenated alkanes) is 17. The SMILES string of the molecule is CC/C=C\C/C=C\C/C=C\C/C=C\C/C=C\C/C=C\CCCCCCCCCCCCC(=O)OC(COC(=O)CCCCCCCCC/C=C\C/C=C\C/C=C\CC)COP(=O)(O)OCC[N+](C)(C)C. The largest absolute Gasteiger partial charge is 0.472 e. The van der Waals surface area contributed by atoms with E-state index < -0.39 is 26.5 Å². The first-order valence-electron chi connectivity index (χ1n) is 27.6. The van der Waals surface area contributed by atoms with E-state index in [0.29, 0.717) is 17.4 Å². The third-order valence-corrected chi connectivity index (χ3v) is 12.3. The van der Waals surface area contributed by atoms with Gasteiger partial charge in [0.15, 0.2) is 6.10 Å². The molecule has 9 nitrogen and oxygen atoms in total. The molecule has 0 aliphatic rings. The molecule has 10 heteroatoms. The molecule has 0 aromatic heterocycles. The molecule has 0 aliphatic heterocycles. The Morgan fingerprint density at radius 3 is 1.14 bits per heavy atom. The number of carbonyl (C=O) groups excluding carboxylic acids is 2. The summed E-state index contributed by atoms with van der Waals surface area (Å²) < 4.78 is 34.5. The van der Waals surface area contributed by atoms with Crippen molar-refractivity contribution in [2.24, 2.45) is 0 Å². The van der Waals surface area contributed by atoms with Crippen LogP contribution in [0, 0.1) is 0 Å². The molecule has 70 heavy (non-hydrogen) atoms. The minimum Gasteiger partial charge on any atom is -0.462 e. The Morgan fingerprint density at radius 2 is 0.771 bits per heavy atom. The molecule has 2 atom stereocenters. The van der Waals surface area contributed by atoms with Crippen LogP contribution in [0.25, 0.3) is 0 Å². The lowest BCUT2D eigenvalue weighted by molar-refractivity contribution is -0.870. The Kier molecular flexibility index (Phi) is 48.2. The highest BCUT2D eigenvalue weighted by molar-refractivity contribution is 7.47. The molecule has 0 aromatic rings. The lowest BCUT2D eigenvalue weighted by Gasteiger charge is -2.24. The number of phosphoric ester groups is 1. The van der Waals surface area contributed by atoms with E-state index in [4.69, 9.17) is 18.5 Å². The summed E-state index contributed by atoms with van der Waals surface area (Å²) in [7, 11) is 1.45. The van der Waals surface area contributed by atoms with Crippen molar-refractivity contribution in [2.45, 2.75) is 213 Å². The highest BCUT2D eigenvalue weighted by Gasteiger charge is 2.27. The summed E-state index contributed by atoms with van der Waals surface area (Å²) >= 11 is 0. The fourth-order valence-electron chi connectivity index (χ4n) is 7.09. The van der Waals surface area contributed by atoms with Gasteiger partial charge in [0.05, 0.1) is 27.7 Å². The predicted octanol–water partition coefficient (Wildman–Crippen LogP) is 17.0. The Bertz CT molecular complexity index is 1550. The molecule has 2 unspecified atom stereocenters. The number of carbonyl (C=O) groups is 2. The van der Waals surface area contributed by atoms with Gasteiger partial charge >= 0.3 is 19.8 Å². The van der Waals surface area contributed by atoms with E-state index in [-0.39, 0.29) is 32.0 Å². The maximum atomic E-state index is 12.8. The van der Waals surface area contributed by atoms with Crippen LogP contribution in [0.4, 0.5) is 0 Å². The number of hydrogen-bond donors (Lipinski definition) is 1. The zero-order chi connectivity index (χ0) is 51.3. The van der Waals surface area contributed by atoms with Crippen LogP contribution in [0.3, 0.4) is 0 Å². The maximum Gasteiger partial charge on any atom is 0.472 e. The van der Waals surface area contributed by atoms with E-state index in [9.17, 15) is 19.0 Å². The summed E-state index contributed by atoms with van der Waals surface area (Å²) in [6.07, 6.45) is 70.0. The van der Waals surface area contributed by atoms with Crippen LogP contribution in [-0.2, 0) is 32.7 Å². The van der Waals surface area contributed by atoms with Gasteiger partial charge in [-0.3, -0.25) is 18.6 Å². The molecule has 0 aliphatic carbocycles. The van der Waals surface area contributed by atoms with Crippen LogP contribution in [0.5, 0.6) is 0 Å². The summed E-state index contributed by atoms with van der Waals surface area (Å²) in [6.45, 7) is 4.18. The lowest BCUT2D eigenvalue weighted by Crippen LogP contribution is -2.37. The van der Waals surface area contributed by atoms with Crippen LogP contribution < -0.4 is 0 Å². The Balaban J connectivity index is 4.21. The minimum absolute atomic E-state index is 0.0234. The van der Waals surface area contributed by atoms with Crippen molar-refractivity contribution in [1.82, 2.24) is 0 Å². The van der Waals surface area contributed by atoms with Crippen LogP contribution in [0.2, 0.25) is 0 Å². The number of rotatable bonds is 49. The fourth-order valence-corrected chi connectivity index (χ4v) is 7.83. The molecule has 0 aromatic carbocycles. The number of nitrogens with zero attached hydrogens (tertiary/aromatic N) is 1.